The molecule has 4 nitrogen and oxygen atoms in total. The molecule has 3 rings (SSSR count). The number of hydrogen-bond acceptors (Lipinski definition) is 4. The second kappa shape index (κ2) is 8.64. The third-order valence-electron chi connectivity index (χ3n) is 3.72. The number of nitrogens with two attached hydrogens (primary N) is 1. The molecule has 1 saturated carbocycles. The van der Waals surface area contributed by atoms with Gasteiger partial charge < -0.3 is 11.1 Å². The Bertz CT molecular complexity index is 658. The summed E-state index contributed by atoms with van der Waals surface area (Å²) in [6, 6.07) is 7.66. The zero-order chi connectivity index (χ0) is 14.8. The largest absolute Gasteiger partial charge is 0.350 e. The van der Waals surface area contributed by atoms with Gasteiger partial charge in [-0.2, -0.15) is 0 Å². The van der Waals surface area contributed by atoms with E-state index in [0.29, 0.717) is 18.0 Å². The van der Waals surface area contributed by atoms with E-state index < -0.39 is 0 Å². The van der Waals surface area contributed by atoms with Crippen molar-refractivity contribution in [3.8, 4) is 10.6 Å². The summed E-state index contributed by atoms with van der Waals surface area (Å²) in [5.74, 6) is 0.524. The predicted molar refractivity (Wildman–Crippen MR) is 99.8 cm³/mol. The molecular formula is C16H21Cl2N3OS. The van der Waals surface area contributed by atoms with Gasteiger partial charge in [0.25, 0.3) is 5.91 Å². The third-order valence-corrected chi connectivity index (χ3v) is 4.73. The number of thiazole rings is 1. The van der Waals surface area contributed by atoms with Crippen molar-refractivity contribution in [2.24, 2.45) is 11.7 Å². The van der Waals surface area contributed by atoms with Gasteiger partial charge in [0, 0.05) is 34.8 Å². The van der Waals surface area contributed by atoms with E-state index in [-0.39, 0.29) is 36.8 Å². The fourth-order valence-corrected chi connectivity index (χ4v) is 3.08. The smallest absolute Gasteiger partial charge is 0.251 e. The van der Waals surface area contributed by atoms with Crippen molar-refractivity contribution in [2.75, 3.05) is 6.54 Å². The Morgan fingerprint density at radius 3 is 2.78 bits per heavy atom. The van der Waals surface area contributed by atoms with Gasteiger partial charge in [-0.15, -0.1) is 36.2 Å². The van der Waals surface area contributed by atoms with Crippen LogP contribution in [0.15, 0.2) is 29.6 Å². The van der Waals surface area contributed by atoms with E-state index in [2.05, 4.69) is 10.3 Å². The SMILES string of the molecule is Cc1csc(-c2cccc(C(=O)NCC(N)C3CC3)c2)n1.Cl.Cl. The molecule has 1 fully saturated rings. The minimum absolute atomic E-state index is 0. The van der Waals surface area contributed by atoms with Gasteiger partial charge in [-0.05, 0) is 37.8 Å². The Kier molecular flexibility index (Phi) is 7.48. The van der Waals surface area contributed by atoms with Crippen LogP contribution in [0.5, 0.6) is 0 Å². The molecule has 0 spiro atoms. The van der Waals surface area contributed by atoms with Crippen molar-refractivity contribution in [1.82, 2.24) is 10.3 Å². The molecule has 1 aromatic carbocycles. The number of benzene rings is 1. The Hall–Kier alpha value is -1.14. The van der Waals surface area contributed by atoms with Gasteiger partial charge in [-0.25, -0.2) is 4.98 Å². The van der Waals surface area contributed by atoms with E-state index in [1.54, 1.807) is 11.3 Å². The summed E-state index contributed by atoms with van der Waals surface area (Å²) in [5.41, 5.74) is 8.64. The molecule has 1 aliphatic rings. The standard InChI is InChI=1S/C16H19N3OS.2ClH/c1-10-9-21-16(19-10)13-4-2-3-12(7-13)15(20)18-8-14(17)11-5-6-11;;/h2-4,7,9,11,14H,5-6,8,17H2,1H3,(H,18,20);2*1H. The number of aryl methyl sites for hydroxylation is 1. The molecule has 1 heterocycles. The van der Waals surface area contributed by atoms with Gasteiger partial charge >= 0.3 is 0 Å². The second-order valence-corrected chi connectivity index (χ2v) is 6.44. The van der Waals surface area contributed by atoms with Crippen LogP contribution in [-0.4, -0.2) is 23.5 Å². The lowest BCUT2D eigenvalue weighted by Gasteiger charge is -2.11. The molecule has 1 unspecified atom stereocenters. The van der Waals surface area contributed by atoms with E-state index in [1.807, 2.05) is 36.6 Å². The van der Waals surface area contributed by atoms with Crippen LogP contribution in [0.3, 0.4) is 0 Å². The summed E-state index contributed by atoms with van der Waals surface area (Å²) in [7, 11) is 0. The van der Waals surface area contributed by atoms with Crippen LogP contribution in [-0.2, 0) is 0 Å². The van der Waals surface area contributed by atoms with E-state index in [4.69, 9.17) is 5.73 Å². The maximum atomic E-state index is 12.2. The van der Waals surface area contributed by atoms with Crippen molar-refractivity contribution in [3.63, 3.8) is 0 Å². The van der Waals surface area contributed by atoms with Crippen molar-refractivity contribution in [1.29, 1.82) is 0 Å². The maximum Gasteiger partial charge on any atom is 0.251 e. The highest BCUT2D eigenvalue weighted by molar-refractivity contribution is 7.13. The number of halogens is 2. The normalized spacial score (nSPS) is 14.3. The molecular weight excluding hydrogens is 353 g/mol. The van der Waals surface area contributed by atoms with Gasteiger partial charge in [0.05, 0.1) is 0 Å². The maximum absolute atomic E-state index is 12.2. The van der Waals surface area contributed by atoms with E-state index in [0.717, 1.165) is 16.3 Å². The van der Waals surface area contributed by atoms with Crippen LogP contribution in [0.2, 0.25) is 0 Å². The number of carbonyl (C=O) groups is 1. The van der Waals surface area contributed by atoms with E-state index >= 15 is 0 Å². The molecule has 1 atom stereocenters. The first-order valence-corrected chi connectivity index (χ1v) is 8.08. The topological polar surface area (TPSA) is 68.0 Å². The highest BCUT2D eigenvalue weighted by Gasteiger charge is 2.28. The van der Waals surface area contributed by atoms with Gasteiger partial charge in [0.2, 0.25) is 0 Å². The van der Waals surface area contributed by atoms with Gasteiger partial charge in [-0.3, -0.25) is 4.79 Å². The van der Waals surface area contributed by atoms with Crippen LogP contribution >= 0.6 is 36.2 Å². The summed E-state index contributed by atoms with van der Waals surface area (Å²) in [4.78, 5) is 16.7. The predicted octanol–water partition coefficient (Wildman–Crippen LogP) is 3.43. The van der Waals surface area contributed by atoms with Crippen LogP contribution in [0.4, 0.5) is 0 Å². The number of aromatic nitrogens is 1. The van der Waals surface area contributed by atoms with Crippen LogP contribution < -0.4 is 11.1 Å². The monoisotopic (exact) mass is 373 g/mol. The Labute approximate surface area is 152 Å². The Morgan fingerprint density at radius 2 is 2.17 bits per heavy atom. The first kappa shape index (κ1) is 19.9. The van der Waals surface area contributed by atoms with Gasteiger partial charge in [0.15, 0.2) is 0 Å². The molecule has 0 bridgehead atoms. The van der Waals surface area contributed by atoms with Crippen LogP contribution in [0.1, 0.15) is 28.9 Å². The number of nitrogens with one attached hydrogen (secondary N) is 1. The summed E-state index contributed by atoms with van der Waals surface area (Å²) in [6.07, 6.45) is 2.38. The van der Waals surface area contributed by atoms with Crippen molar-refractivity contribution in [2.45, 2.75) is 25.8 Å². The highest BCUT2D eigenvalue weighted by Crippen LogP contribution is 2.31. The first-order chi connectivity index (χ1) is 10.1. The molecule has 23 heavy (non-hydrogen) atoms. The van der Waals surface area contributed by atoms with Crippen molar-refractivity contribution < 1.29 is 4.79 Å². The average molecular weight is 374 g/mol. The lowest BCUT2D eigenvalue weighted by atomic mass is 10.1. The van der Waals surface area contributed by atoms with Crippen LogP contribution in [0, 0.1) is 12.8 Å². The molecule has 1 amide bonds. The fourth-order valence-electron chi connectivity index (χ4n) is 2.28. The number of amides is 1. The van der Waals surface area contributed by atoms with Gasteiger partial charge in [-0.1, -0.05) is 12.1 Å². The zero-order valence-corrected chi connectivity index (χ0v) is 15.3. The minimum atomic E-state index is -0.0683. The van der Waals surface area contributed by atoms with Crippen molar-refractivity contribution in [3.05, 3.63) is 40.9 Å². The zero-order valence-electron chi connectivity index (χ0n) is 12.8. The molecule has 0 radical (unpaired) electrons. The number of carbonyl (C=O) groups excluding carboxylic acids is 1. The molecule has 1 aliphatic carbocycles. The number of nitrogens with zero attached hydrogens (tertiary/aromatic N) is 1. The Balaban J connectivity index is 0.00000132. The Morgan fingerprint density at radius 1 is 1.43 bits per heavy atom. The average Bonchev–Trinajstić information content (AvgIpc) is 3.26. The highest BCUT2D eigenvalue weighted by atomic mass is 35.5. The fraction of sp³-hybridized carbons (Fsp3) is 0.375. The lowest BCUT2D eigenvalue weighted by molar-refractivity contribution is 0.0950. The molecule has 126 valence electrons. The molecule has 0 aliphatic heterocycles. The number of rotatable bonds is 5. The number of hydrogen-bond donors (Lipinski definition) is 2. The van der Waals surface area contributed by atoms with E-state index in [1.165, 1.54) is 12.8 Å². The van der Waals surface area contributed by atoms with Crippen LogP contribution in [0.25, 0.3) is 10.6 Å². The summed E-state index contributed by atoms with van der Waals surface area (Å²) < 4.78 is 0. The van der Waals surface area contributed by atoms with Crippen molar-refractivity contribution >= 4 is 42.1 Å². The van der Waals surface area contributed by atoms with E-state index in [9.17, 15) is 4.79 Å². The second-order valence-electron chi connectivity index (χ2n) is 5.59. The molecule has 7 heteroatoms. The quantitative estimate of drug-likeness (QED) is 0.843. The molecule has 2 aromatic rings. The summed E-state index contributed by atoms with van der Waals surface area (Å²) in [5, 5.41) is 5.88. The molecule has 0 saturated heterocycles. The lowest BCUT2D eigenvalue weighted by Crippen LogP contribution is -2.38. The summed E-state index contributed by atoms with van der Waals surface area (Å²) in [6.45, 7) is 2.51. The third kappa shape index (κ3) is 5.18. The molecule has 3 N–H and O–H groups in total. The minimum Gasteiger partial charge on any atom is -0.350 e. The molecule has 1 aromatic heterocycles. The van der Waals surface area contributed by atoms with Gasteiger partial charge in [0.1, 0.15) is 5.01 Å². The summed E-state index contributed by atoms with van der Waals surface area (Å²) >= 11 is 1.59. The first-order valence-electron chi connectivity index (χ1n) is 7.20.